The van der Waals surface area contributed by atoms with E-state index >= 15 is 0 Å². The molecule has 1 aliphatic rings. The first-order valence-corrected chi connectivity index (χ1v) is 10.4. The fourth-order valence-corrected chi connectivity index (χ4v) is 4.30. The molecule has 154 valence electrons. The van der Waals surface area contributed by atoms with Gasteiger partial charge in [-0.3, -0.25) is 4.79 Å². The third kappa shape index (κ3) is 4.64. The summed E-state index contributed by atoms with van der Waals surface area (Å²) in [5.74, 6) is -0.535. The quantitative estimate of drug-likeness (QED) is 0.402. The Morgan fingerprint density at radius 3 is 2.38 bits per heavy atom. The number of carbonyl (C=O) groups is 2. The Bertz CT molecular complexity index is 1030. The van der Waals surface area contributed by atoms with Crippen molar-refractivity contribution in [1.82, 2.24) is 4.31 Å². The molecule has 0 saturated carbocycles. The van der Waals surface area contributed by atoms with Crippen molar-refractivity contribution in [3.63, 3.8) is 0 Å². The summed E-state index contributed by atoms with van der Waals surface area (Å²) in [6, 6.07) is 10.1. The second-order valence-corrected chi connectivity index (χ2v) is 8.29. The van der Waals surface area contributed by atoms with Crippen LogP contribution in [0.1, 0.15) is 27.6 Å². The van der Waals surface area contributed by atoms with Gasteiger partial charge in [0, 0.05) is 18.7 Å². The Morgan fingerprint density at radius 2 is 1.72 bits per heavy atom. The van der Waals surface area contributed by atoms with Gasteiger partial charge >= 0.3 is 5.97 Å². The van der Waals surface area contributed by atoms with E-state index in [1.807, 2.05) is 0 Å². The van der Waals surface area contributed by atoms with Crippen molar-refractivity contribution in [2.75, 3.05) is 33.4 Å². The highest BCUT2D eigenvalue weighted by Gasteiger charge is 2.27. The Morgan fingerprint density at radius 1 is 1.00 bits per heavy atom. The molecule has 0 spiro atoms. The summed E-state index contributed by atoms with van der Waals surface area (Å²) in [7, 11) is -2.34. The SMILES string of the molecule is COc1cc(C(C)=O)ccc1OC(=O)c1cccc(S(=O)(=O)N2CCOCC2)c1. The lowest BCUT2D eigenvalue weighted by Crippen LogP contribution is -2.40. The highest BCUT2D eigenvalue weighted by atomic mass is 32.2. The first-order chi connectivity index (χ1) is 13.8. The lowest BCUT2D eigenvalue weighted by atomic mass is 10.1. The molecule has 0 bridgehead atoms. The van der Waals surface area contributed by atoms with Gasteiger partial charge in [-0.25, -0.2) is 13.2 Å². The molecule has 1 fully saturated rings. The van der Waals surface area contributed by atoms with Gasteiger partial charge in [0.1, 0.15) is 0 Å². The summed E-state index contributed by atoms with van der Waals surface area (Å²) in [6.07, 6.45) is 0. The van der Waals surface area contributed by atoms with Crippen LogP contribution in [-0.2, 0) is 14.8 Å². The van der Waals surface area contributed by atoms with E-state index in [9.17, 15) is 18.0 Å². The first kappa shape index (κ1) is 21.0. The molecule has 2 aromatic rings. The summed E-state index contributed by atoms with van der Waals surface area (Å²) < 4.78 is 42.6. The zero-order valence-corrected chi connectivity index (χ0v) is 16.9. The Hall–Kier alpha value is -2.75. The lowest BCUT2D eigenvalue weighted by molar-refractivity contribution is 0.0725. The molecule has 3 rings (SSSR count). The molecule has 8 nitrogen and oxygen atoms in total. The van der Waals surface area contributed by atoms with Gasteiger partial charge in [-0.15, -0.1) is 0 Å². The zero-order valence-electron chi connectivity index (χ0n) is 16.1. The number of nitrogens with zero attached hydrogens (tertiary/aromatic N) is 1. The van der Waals surface area contributed by atoms with Crippen molar-refractivity contribution < 1.29 is 32.2 Å². The summed E-state index contributed by atoms with van der Waals surface area (Å²) in [5.41, 5.74) is 0.497. The van der Waals surface area contributed by atoms with Crippen molar-refractivity contribution in [2.45, 2.75) is 11.8 Å². The summed E-state index contributed by atoms with van der Waals surface area (Å²) in [5, 5.41) is 0. The number of esters is 1. The van der Waals surface area contributed by atoms with Crippen LogP contribution < -0.4 is 9.47 Å². The van der Waals surface area contributed by atoms with E-state index < -0.39 is 16.0 Å². The molecule has 9 heteroatoms. The molecule has 2 aromatic carbocycles. The topological polar surface area (TPSA) is 99.2 Å². The molecule has 0 N–H and O–H groups in total. The average Bonchev–Trinajstić information content (AvgIpc) is 2.74. The Labute approximate surface area is 169 Å². The molecular formula is C20H21NO7S. The van der Waals surface area contributed by atoms with E-state index in [0.29, 0.717) is 18.8 Å². The van der Waals surface area contributed by atoms with Crippen LogP contribution in [0.3, 0.4) is 0 Å². The van der Waals surface area contributed by atoms with Crippen molar-refractivity contribution in [1.29, 1.82) is 0 Å². The van der Waals surface area contributed by atoms with E-state index in [1.165, 1.54) is 60.8 Å². The number of ketones is 1. The van der Waals surface area contributed by atoms with Crippen LogP contribution in [0.4, 0.5) is 0 Å². The molecule has 1 heterocycles. The monoisotopic (exact) mass is 419 g/mol. The normalized spacial score (nSPS) is 15.0. The molecule has 29 heavy (non-hydrogen) atoms. The van der Waals surface area contributed by atoms with E-state index in [0.717, 1.165) is 0 Å². The van der Waals surface area contributed by atoms with Gasteiger partial charge in [0.25, 0.3) is 0 Å². The van der Waals surface area contributed by atoms with Gasteiger partial charge in [-0.05, 0) is 43.3 Å². The van der Waals surface area contributed by atoms with Gasteiger partial charge in [0.05, 0.1) is 30.8 Å². The maximum atomic E-state index is 12.8. The second-order valence-electron chi connectivity index (χ2n) is 6.36. The van der Waals surface area contributed by atoms with Crippen molar-refractivity contribution >= 4 is 21.8 Å². The van der Waals surface area contributed by atoms with Crippen molar-refractivity contribution in [2.24, 2.45) is 0 Å². The number of Topliss-reactive ketones (excluding diaryl/α,β-unsaturated/α-hetero) is 1. The molecule has 0 unspecified atom stereocenters. The maximum absolute atomic E-state index is 12.8. The fourth-order valence-electron chi connectivity index (χ4n) is 2.85. The van der Waals surface area contributed by atoms with Gasteiger partial charge in [-0.2, -0.15) is 4.31 Å². The molecule has 0 amide bonds. The molecule has 0 aromatic heterocycles. The average molecular weight is 419 g/mol. The highest BCUT2D eigenvalue weighted by molar-refractivity contribution is 7.89. The van der Waals surface area contributed by atoms with Crippen LogP contribution in [-0.4, -0.2) is 57.9 Å². The number of rotatable bonds is 6. The Kier molecular flexibility index (Phi) is 6.31. The predicted octanol–water partition coefficient (Wildman–Crippen LogP) is 2.14. The molecule has 0 aliphatic carbocycles. The predicted molar refractivity (Wildman–Crippen MR) is 104 cm³/mol. The summed E-state index contributed by atoms with van der Waals surface area (Å²) in [4.78, 5) is 24.1. The van der Waals surface area contributed by atoms with Crippen LogP contribution >= 0.6 is 0 Å². The molecule has 0 atom stereocenters. The van der Waals surface area contributed by atoms with Gasteiger partial charge in [0.2, 0.25) is 10.0 Å². The van der Waals surface area contributed by atoms with Crippen LogP contribution in [0.5, 0.6) is 11.5 Å². The minimum absolute atomic E-state index is 0.00717. The number of hydrogen-bond donors (Lipinski definition) is 0. The largest absolute Gasteiger partial charge is 0.493 e. The smallest absolute Gasteiger partial charge is 0.343 e. The number of benzene rings is 2. The number of morpholine rings is 1. The number of carbonyl (C=O) groups excluding carboxylic acids is 2. The fraction of sp³-hybridized carbons (Fsp3) is 0.300. The van der Waals surface area contributed by atoms with Crippen LogP contribution in [0, 0.1) is 0 Å². The molecule has 1 aliphatic heterocycles. The van der Waals surface area contributed by atoms with Crippen LogP contribution in [0.25, 0.3) is 0 Å². The first-order valence-electron chi connectivity index (χ1n) is 8.92. The Balaban J connectivity index is 1.84. The summed E-state index contributed by atoms with van der Waals surface area (Å²) in [6.45, 7) is 2.60. The number of ether oxygens (including phenoxy) is 3. The maximum Gasteiger partial charge on any atom is 0.343 e. The molecule has 1 saturated heterocycles. The number of hydrogen-bond acceptors (Lipinski definition) is 7. The highest BCUT2D eigenvalue weighted by Crippen LogP contribution is 2.29. The number of methoxy groups -OCH3 is 1. The van der Waals surface area contributed by atoms with Crippen LogP contribution in [0.2, 0.25) is 0 Å². The van der Waals surface area contributed by atoms with E-state index in [1.54, 1.807) is 0 Å². The van der Waals surface area contributed by atoms with E-state index in [2.05, 4.69) is 0 Å². The second kappa shape index (κ2) is 8.73. The summed E-state index contributed by atoms with van der Waals surface area (Å²) >= 11 is 0. The minimum atomic E-state index is -3.74. The minimum Gasteiger partial charge on any atom is -0.493 e. The van der Waals surface area contributed by atoms with E-state index in [-0.39, 0.29) is 40.8 Å². The zero-order chi connectivity index (χ0) is 21.0. The van der Waals surface area contributed by atoms with Crippen molar-refractivity contribution in [3.05, 3.63) is 53.6 Å². The number of sulfonamides is 1. The molecule has 0 radical (unpaired) electrons. The third-order valence-electron chi connectivity index (χ3n) is 4.45. The lowest BCUT2D eigenvalue weighted by Gasteiger charge is -2.26. The van der Waals surface area contributed by atoms with Gasteiger partial charge in [-0.1, -0.05) is 6.07 Å². The molecular weight excluding hydrogens is 398 g/mol. The van der Waals surface area contributed by atoms with E-state index in [4.69, 9.17) is 14.2 Å². The standard InChI is InChI=1S/C20H21NO7S/c1-14(22)15-6-7-18(19(13-15)26-2)28-20(23)16-4-3-5-17(12-16)29(24,25)21-8-10-27-11-9-21/h3-7,12-13H,8-11H2,1-2H3. The van der Waals surface area contributed by atoms with Crippen LogP contribution in [0.15, 0.2) is 47.4 Å². The van der Waals surface area contributed by atoms with Gasteiger partial charge in [0.15, 0.2) is 17.3 Å². The third-order valence-corrected chi connectivity index (χ3v) is 6.35. The van der Waals surface area contributed by atoms with Crippen molar-refractivity contribution in [3.8, 4) is 11.5 Å². The van der Waals surface area contributed by atoms with Gasteiger partial charge < -0.3 is 14.2 Å².